The van der Waals surface area contributed by atoms with Gasteiger partial charge >= 0.3 is 21.3 Å². The van der Waals surface area contributed by atoms with E-state index in [1.807, 2.05) is 0 Å². The lowest BCUT2D eigenvalue weighted by Crippen LogP contribution is -2.66. The Labute approximate surface area is 119 Å². The molecule has 3 aliphatic rings. The predicted molar refractivity (Wildman–Crippen MR) is 63.8 cm³/mol. The second kappa shape index (κ2) is 4.01. The van der Waals surface area contributed by atoms with E-state index in [9.17, 15) is 26.8 Å². The highest BCUT2D eigenvalue weighted by atomic mass is 32.2. The third-order valence-electron chi connectivity index (χ3n) is 5.01. The molecule has 3 aliphatic carbocycles. The summed E-state index contributed by atoms with van der Waals surface area (Å²) in [5.41, 5.74) is -1.31. The lowest BCUT2D eigenvalue weighted by atomic mass is 9.41. The minimum Gasteiger partial charge on any atom is -0.454 e. The van der Waals surface area contributed by atoms with Crippen molar-refractivity contribution in [2.45, 2.75) is 37.0 Å². The zero-order valence-electron chi connectivity index (χ0n) is 11.1. The Hall–Kier alpha value is -1.09. The van der Waals surface area contributed by atoms with E-state index in [-0.39, 0.29) is 35.9 Å². The maximum absolute atomic E-state index is 13.2. The Kier molecular flexibility index (Phi) is 2.83. The molecule has 0 aliphatic heterocycles. The van der Waals surface area contributed by atoms with Crippen LogP contribution in [0.4, 0.5) is 8.78 Å². The van der Waals surface area contributed by atoms with Gasteiger partial charge in [-0.05, 0) is 38.0 Å². The summed E-state index contributed by atoms with van der Waals surface area (Å²) in [6.07, 6.45) is 1.11. The van der Waals surface area contributed by atoms with Crippen LogP contribution in [-0.2, 0) is 24.4 Å². The average Bonchev–Trinajstić information content (AvgIpc) is 2.29. The minimum atomic E-state index is -5.88. The predicted octanol–water partition coefficient (Wildman–Crippen LogP) is 1.01. The number of carbonyl (C=O) groups excluding carboxylic acids is 2. The summed E-state index contributed by atoms with van der Waals surface area (Å²) in [6.45, 7) is 1.42. The van der Waals surface area contributed by atoms with Crippen LogP contribution in [0.15, 0.2) is 0 Å². The lowest BCUT2D eigenvalue weighted by Gasteiger charge is -2.63. The molecule has 0 heterocycles. The minimum absolute atomic E-state index is 0.0690. The van der Waals surface area contributed by atoms with Gasteiger partial charge in [0.1, 0.15) is 11.4 Å². The Morgan fingerprint density at radius 2 is 2.00 bits per heavy atom. The van der Waals surface area contributed by atoms with Crippen molar-refractivity contribution in [2.24, 2.45) is 23.7 Å². The first-order valence-electron chi connectivity index (χ1n) is 6.58. The van der Waals surface area contributed by atoms with Crippen LogP contribution in [0, 0.1) is 23.7 Å². The molecule has 118 valence electrons. The standard InChI is InChI=1S/C12H14F2O6S/c1-11(20-10(16)12(13,14)21(17,18)19)3-5-2-6-8(5)7(4-11)9(6)15/h5-8H,2-4H2,1H3,(H,17,18,19). The van der Waals surface area contributed by atoms with Crippen molar-refractivity contribution in [3.8, 4) is 0 Å². The lowest BCUT2D eigenvalue weighted by molar-refractivity contribution is -0.210. The second-order valence-corrected chi connectivity index (χ2v) is 7.89. The summed E-state index contributed by atoms with van der Waals surface area (Å²) in [5, 5.41) is -5.00. The van der Waals surface area contributed by atoms with Crippen molar-refractivity contribution >= 4 is 21.9 Å². The number of esters is 1. The summed E-state index contributed by atoms with van der Waals surface area (Å²) in [5.74, 6) is -2.05. The van der Waals surface area contributed by atoms with Gasteiger partial charge in [0.15, 0.2) is 0 Å². The Bertz CT molecular complexity index is 630. The molecular weight excluding hydrogens is 310 g/mol. The molecule has 1 N–H and O–H groups in total. The van der Waals surface area contributed by atoms with E-state index in [4.69, 9.17) is 4.55 Å². The Morgan fingerprint density at radius 3 is 2.57 bits per heavy atom. The maximum Gasteiger partial charge on any atom is 0.465 e. The number of halogens is 2. The fourth-order valence-corrected chi connectivity index (χ4v) is 4.32. The molecule has 0 saturated heterocycles. The number of ether oxygens (including phenoxy) is 1. The Balaban J connectivity index is 1.75. The van der Waals surface area contributed by atoms with Gasteiger partial charge in [-0.1, -0.05) is 0 Å². The fraction of sp³-hybridized carbons (Fsp3) is 0.833. The van der Waals surface area contributed by atoms with E-state index in [2.05, 4.69) is 4.74 Å². The number of rotatable bonds is 3. The highest BCUT2D eigenvalue weighted by Crippen LogP contribution is 2.63. The number of hydrogen-bond acceptors (Lipinski definition) is 5. The first-order chi connectivity index (χ1) is 9.46. The van der Waals surface area contributed by atoms with Crippen LogP contribution in [0.2, 0.25) is 0 Å². The first kappa shape index (κ1) is 14.8. The number of alkyl halides is 2. The van der Waals surface area contributed by atoms with Crippen molar-refractivity contribution in [1.29, 1.82) is 0 Å². The molecule has 0 radical (unpaired) electrons. The number of ketones is 1. The number of hydrogen-bond donors (Lipinski definition) is 1. The topological polar surface area (TPSA) is 97.7 Å². The quantitative estimate of drug-likeness (QED) is 0.615. The molecule has 0 aromatic heterocycles. The summed E-state index contributed by atoms with van der Waals surface area (Å²) in [6, 6.07) is 0. The zero-order valence-corrected chi connectivity index (χ0v) is 11.9. The number of Topliss-reactive ketones (excluding diaryl/α,β-unsaturated/α-hetero) is 1. The molecule has 0 aromatic rings. The molecule has 0 amide bonds. The van der Waals surface area contributed by atoms with Crippen LogP contribution >= 0.6 is 0 Å². The molecule has 5 atom stereocenters. The molecule has 5 unspecified atom stereocenters. The van der Waals surface area contributed by atoms with Crippen LogP contribution < -0.4 is 0 Å². The molecule has 0 bridgehead atoms. The molecule has 21 heavy (non-hydrogen) atoms. The maximum atomic E-state index is 13.2. The smallest absolute Gasteiger partial charge is 0.454 e. The molecular formula is C12H14F2O6S. The molecule has 6 nitrogen and oxygen atoms in total. The van der Waals surface area contributed by atoms with Crippen LogP contribution in [0.5, 0.6) is 0 Å². The van der Waals surface area contributed by atoms with Crippen LogP contribution in [-0.4, -0.2) is 35.6 Å². The SMILES string of the molecule is CC1(OC(=O)C(F)(F)S(=O)(=O)O)CC2CC3C(=O)C(C1)C23. The third kappa shape index (κ3) is 1.93. The average molecular weight is 324 g/mol. The molecule has 0 spiro atoms. The highest BCUT2D eigenvalue weighted by Gasteiger charge is 2.66. The van der Waals surface area contributed by atoms with Gasteiger partial charge in [0.05, 0.1) is 0 Å². The first-order valence-corrected chi connectivity index (χ1v) is 8.02. The summed E-state index contributed by atoms with van der Waals surface area (Å²) < 4.78 is 60.7. The van der Waals surface area contributed by atoms with E-state index in [0.29, 0.717) is 12.8 Å². The molecule has 9 heteroatoms. The molecule has 3 saturated carbocycles. The third-order valence-corrected chi connectivity index (χ3v) is 5.82. The summed E-state index contributed by atoms with van der Waals surface area (Å²) in [4.78, 5) is 23.1. The monoisotopic (exact) mass is 324 g/mol. The van der Waals surface area contributed by atoms with Crippen LogP contribution in [0.25, 0.3) is 0 Å². The summed E-state index contributed by atoms with van der Waals surface area (Å²) >= 11 is 0. The van der Waals surface area contributed by atoms with Gasteiger partial charge in [0.2, 0.25) is 0 Å². The van der Waals surface area contributed by atoms with Gasteiger partial charge < -0.3 is 4.74 Å². The normalized spacial score (nSPS) is 41.6. The number of carbonyl (C=O) groups is 2. The van der Waals surface area contributed by atoms with Gasteiger partial charge in [-0.25, -0.2) is 4.79 Å². The van der Waals surface area contributed by atoms with Gasteiger partial charge in [-0.15, -0.1) is 0 Å². The van der Waals surface area contributed by atoms with E-state index in [1.54, 1.807) is 0 Å². The van der Waals surface area contributed by atoms with Gasteiger partial charge in [-0.2, -0.15) is 17.2 Å². The van der Waals surface area contributed by atoms with Gasteiger partial charge in [-0.3, -0.25) is 9.35 Å². The van der Waals surface area contributed by atoms with Crippen molar-refractivity contribution in [3.05, 3.63) is 0 Å². The Morgan fingerprint density at radius 1 is 1.38 bits per heavy atom. The zero-order chi connectivity index (χ0) is 15.8. The molecule has 0 aromatic carbocycles. The second-order valence-electron chi connectivity index (χ2n) is 6.43. The van der Waals surface area contributed by atoms with Crippen molar-refractivity contribution in [1.82, 2.24) is 0 Å². The van der Waals surface area contributed by atoms with Crippen molar-refractivity contribution in [2.75, 3.05) is 0 Å². The largest absolute Gasteiger partial charge is 0.465 e. The van der Waals surface area contributed by atoms with Crippen molar-refractivity contribution < 1.29 is 36.1 Å². The van der Waals surface area contributed by atoms with Crippen LogP contribution in [0.3, 0.4) is 0 Å². The molecule has 3 rings (SSSR count). The highest BCUT2D eigenvalue weighted by molar-refractivity contribution is 7.87. The van der Waals surface area contributed by atoms with Crippen molar-refractivity contribution in [3.63, 3.8) is 0 Å². The fourth-order valence-electron chi connectivity index (χ4n) is 4.07. The van der Waals surface area contributed by atoms with Crippen LogP contribution in [0.1, 0.15) is 26.2 Å². The van der Waals surface area contributed by atoms with Gasteiger partial charge in [0, 0.05) is 11.8 Å². The molecule has 3 fully saturated rings. The summed E-state index contributed by atoms with van der Waals surface area (Å²) in [7, 11) is -5.88. The van der Waals surface area contributed by atoms with E-state index in [0.717, 1.165) is 0 Å². The van der Waals surface area contributed by atoms with Gasteiger partial charge in [0.25, 0.3) is 0 Å². The van der Waals surface area contributed by atoms with E-state index < -0.39 is 26.9 Å². The van der Waals surface area contributed by atoms with E-state index >= 15 is 0 Å². The van der Waals surface area contributed by atoms with E-state index in [1.165, 1.54) is 6.92 Å².